The van der Waals surface area contributed by atoms with E-state index in [1.54, 1.807) is 6.07 Å². The Hall–Kier alpha value is -1.93. The first-order chi connectivity index (χ1) is 8.33. The molecular weight excluding hydrogens is 224 g/mol. The lowest BCUT2D eigenvalue weighted by Crippen LogP contribution is -2.40. The van der Waals surface area contributed by atoms with Crippen molar-refractivity contribution in [3.63, 3.8) is 0 Å². The highest BCUT2D eigenvalue weighted by molar-refractivity contribution is 5.47. The van der Waals surface area contributed by atoms with Gasteiger partial charge >= 0.3 is 5.69 Å². The Labute approximate surface area is 96.2 Å². The molecule has 2 aromatic rings. The minimum atomic E-state index is -0.287. The van der Waals surface area contributed by atoms with E-state index in [4.69, 9.17) is 4.74 Å². The lowest BCUT2D eigenvalue weighted by atomic mass is 10.5. The molecule has 2 N–H and O–H groups in total. The number of hydrazine groups is 1. The van der Waals surface area contributed by atoms with Crippen LogP contribution in [0.5, 0.6) is 0 Å². The zero-order valence-electron chi connectivity index (χ0n) is 9.09. The van der Waals surface area contributed by atoms with Gasteiger partial charge in [-0.25, -0.2) is 24.3 Å². The van der Waals surface area contributed by atoms with Gasteiger partial charge in [0.05, 0.1) is 13.2 Å². The molecule has 0 aliphatic carbocycles. The summed E-state index contributed by atoms with van der Waals surface area (Å²) in [5.74, 6) is 0.665. The number of fused-ring (bicyclic) bond motifs is 1. The second-order valence-corrected chi connectivity index (χ2v) is 3.74. The predicted molar refractivity (Wildman–Crippen MR) is 59.6 cm³/mol. The molecule has 90 valence electrons. The van der Waals surface area contributed by atoms with Crippen molar-refractivity contribution in [2.24, 2.45) is 0 Å². The van der Waals surface area contributed by atoms with Crippen LogP contribution in [0.3, 0.4) is 0 Å². The number of morpholine rings is 1. The number of aromatic amines is 1. The van der Waals surface area contributed by atoms with E-state index in [9.17, 15) is 4.79 Å². The van der Waals surface area contributed by atoms with Gasteiger partial charge in [-0.15, -0.1) is 0 Å². The number of aromatic nitrogens is 4. The van der Waals surface area contributed by atoms with Crippen LogP contribution in [-0.4, -0.2) is 50.9 Å². The monoisotopic (exact) mass is 236 g/mol. The summed E-state index contributed by atoms with van der Waals surface area (Å²) in [5, 5.41) is 8.26. The highest BCUT2D eigenvalue weighted by Crippen LogP contribution is 2.06. The fourth-order valence-corrected chi connectivity index (χ4v) is 1.71. The first kappa shape index (κ1) is 10.2. The Morgan fingerprint density at radius 3 is 3.06 bits per heavy atom. The molecule has 1 saturated heterocycles. The summed E-state index contributed by atoms with van der Waals surface area (Å²) in [6.45, 7) is 3.02. The Morgan fingerprint density at radius 2 is 2.24 bits per heavy atom. The third-order valence-electron chi connectivity index (χ3n) is 2.59. The van der Waals surface area contributed by atoms with Crippen LogP contribution in [0.15, 0.2) is 17.2 Å². The van der Waals surface area contributed by atoms with E-state index < -0.39 is 0 Å². The highest BCUT2D eigenvalue weighted by atomic mass is 16.5. The van der Waals surface area contributed by atoms with Crippen LogP contribution in [0.2, 0.25) is 0 Å². The summed E-state index contributed by atoms with van der Waals surface area (Å²) in [6.07, 6.45) is 1.45. The van der Waals surface area contributed by atoms with Gasteiger partial charge in [-0.3, -0.25) is 0 Å². The number of hydrogen-bond donors (Lipinski definition) is 2. The average Bonchev–Trinajstić information content (AvgIpc) is 2.72. The molecule has 17 heavy (non-hydrogen) atoms. The lowest BCUT2D eigenvalue weighted by Gasteiger charge is -2.27. The van der Waals surface area contributed by atoms with Gasteiger partial charge in [0, 0.05) is 19.2 Å². The molecule has 0 saturated carbocycles. The molecular formula is C9H12N6O2. The molecule has 0 atom stereocenters. The van der Waals surface area contributed by atoms with E-state index in [1.807, 2.05) is 5.01 Å². The van der Waals surface area contributed by atoms with Gasteiger partial charge in [0.15, 0.2) is 5.65 Å². The standard InChI is InChI=1S/C9H12N6O2/c16-9-12-11-8-5-7(10-6-15(8)9)13-14-1-3-17-4-2-14/h5-6,13H,1-4H2,(H,12,16). The van der Waals surface area contributed by atoms with E-state index in [-0.39, 0.29) is 5.69 Å². The molecule has 0 unspecified atom stereocenters. The number of anilines is 1. The van der Waals surface area contributed by atoms with Gasteiger partial charge in [0.25, 0.3) is 0 Å². The van der Waals surface area contributed by atoms with E-state index in [2.05, 4.69) is 20.6 Å². The van der Waals surface area contributed by atoms with Crippen molar-refractivity contribution in [2.75, 3.05) is 31.7 Å². The first-order valence-electron chi connectivity index (χ1n) is 5.35. The van der Waals surface area contributed by atoms with Gasteiger partial charge in [-0.05, 0) is 0 Å². The quantitative estimate of drug-likeness (QED) is 0.701. The van der Waals surface area contributed by atoms with Crippen LogP contribution in [-0.2, 0) is 4.74 Å². The summed E-state index contributed by atoms with van der Waals surface area (Å²) in [5.41, 5.74) is 3.41. The summed E-state index contributed by atoms with van der Waals surface area (Å²) >= 11 is 0. The van der Waals surface area contributed by atoms with E-state index in [0.717, 1.165) is 13.1 Å². The number of rotatable bonds is 2. The molecule has 3 heterocycles. The second kappa shape index (κ2) is 4.15. The minimum absolute atomic E-state index is 0.287. The van der Waals surface area contributed by atoms with Crippen LogP contribution in [0.1, 0.15) is 0 Å². The largest absolute Gasteiger partial charge is 0.379 e. The fourth-order valence-electron chi connectivity index (χ4n) is 1.71. The number of hydrogen-bond acceptors (Lipinski definition) is 6. The van der Waals surface area contributed by atoms with E-state index in [1.165, 1.54) is 10.7 Å². The van der Waals surface area contributed by atoms with Gasteiger partial charge < -0.3 is 10.2 Å². The molecule has 0 bridgehead atoms. The van der Waals surface area contributed by atoms with Crippen molar-refractivity contribution in [3.8, 4) is 0 Å². The summed E-state index contributed by atoms with van der Waals surface area (Å²) < 4.78 is 6.60. The van der Waals surface area contributed by atoms with Gasteiger partial charge in [-0.2, -0.15) is 5.10 Å². The van der Waals surface area contributed by atoms with Gasteiger partial charge in [0.1, 0.15) is 12.1 Å². The molecule has 0 radical (unpaired) electrons. The third kappa shape index (κ3) is 1.99. The topological polar surface area (TPSA) is 87.5 Å². The second-order valence-electron chi connectivity index (χ2n) is 3.74. The molecule has 0 spiro atoms. The molecule has 1 fully saturated rings. The molecule has 3 rings (SSSR count). The Kier molecular flexibility index (Phi) is 2.50. The number of nitrogens with one attached hydrogen (secondary N) is 2. The van der Waals surface area contributed by atoms with Crippen LogP contribution in [0.4, 0.5) is 5.82 Å². The van der Waals surface area contributed by atoms with Crippen molar-refractivity contribution < 1.29 is 4.74 Å². The number of nitrogens with zero attached hydrogens (tertiary/aromatic N) is 4. The Bertz CT molecular complexity index is 570. The summed E-state index contributed by atoms with van der Waals surface area (Å²) in [4.78, 5) is 15.4. The molecule has 0 amide bonds. The molecule has 0 aromatic carbocycles. The number of ether oxygens (including phenoxy) is 1. The molecule has 8 nitrogen and oxygen atoms in total. The molecule has 2 aromatic heterocycles. The van der Waals surface area contributed by atoms with Crippen LogP contribution in [0, 0.1) is 0 Å². The van der Waals surface area contributed by atoms with E-state index >= 15 is 0 Å². The molecule has 1 aliphatic rings. The van der Waals surface area contributed by atoms with Crippen molar-refractivity contribution in [1.29, 1.82) is 0 Å². The first-order valence-corrected chi connectivity index (χ1v) is 5.35. The normalized spacial score (nSPS) is 17.4. The van der Waals surface area contributed by atoms with Crippen LogP contribution in [0.25, 0.3) is 5.65 Å². The maximum atomic E-state index is 11.2. The van der Waals surface area contributed by atoms with Gasteiger partial charge in [-0.1, -0.05) is 0 Å². The highest BCUT2D eigenvalue weighted by Gasteiger charge is 2.11. The summed E-state index contributed by atoms with van der Waals surface area (Å²) in [7, 11) is 0. The lowest BCUT2D eigenvalue weighted by molar-refractivity contribution is 0.0495. The van der Waals surface area contributed by atoms with Crippen molar-refractivity contribution in [1.82, 2.24) is 24.6 Å². The van der Waals surface area contributed by atoms with E-state index in [0.29, 0.717) is 24.7 Å². The zero-order chi connectivity index (χ0) is 11.7. The maximum absolute atomic E-state index is 11.2. The van der Waals surface area contributed by atoms with Crippen LogP contribution >= 0.6 is 0 Å². The predicted octanol–water partition coefficient (Wildman–Crippen LogP) is -0.923. The Morgan fingerprint density at radius 1 is 1.41 bits per heavy atom. The van der Waals surface area contributed by atoms with Gasteiger partial charge in [0.2, 0.25) is 0 Å². The molecule has 1 aliphatic heterocycles. The average molecular weight is 236 g/mol. The smallest absolute Gasteiger partial charge is 0.348 e. The van der Waals surface area contributed by atoms with Crippen molar-refractivity contribution >= 4 is 11.5 Å². The zero-order valence-corrected chi connectivity index (χ0v) is 9.09. The fraction of sp³-hybridized carbons (Fsp3) is 0.444. The number of H-pyrrole nitrogens is 1. The molecule has 8 heteroatoms. The van der Waals surface area contributed by atoms with Crippen molar-refractivity contribution in [2.45, 2.75) is 0 Å². The summed E-state index contributed by atoms with van der Waals surface area (Å²) in [6, 6.07) is 1.72. The van der Waals surface area contributed by atoms with Crippen LogP contribution < -0.4 is 11.1 Å². The SMILES string of the molecule is O=c1[nH]nc2cc(NN3CCOCC3)ncn12. The minimum Gasteiger partial charge on any atom is -0.379 e. The Balaban J connectivity index is 1.82. The van der Waals surface area contributed by atoms with Crippen molar-refractivity contribution in [3.05, 3.63) is 22.9 Å². The third-order valence-corrected chi connectivity index (χ3v) is 2.59. The maximum Gasteiger partial charge on any atom is 0.348 e.